The number of hydrogen-bond donors (Lipinski definition) is 3. The van der Waals surface area contributed by atoms with Crippen LogP contribution in [0.5, 0.6) is 0 Å². The zero-order chi connectivity index (χ0) is 12.7. The normalized spacial score (nSPS) is 17.3. The number of unbranched alkanes of at least 4 members (excludes halogenated alkanes) is 1. The molecular formula is C12H22N3O2. The van der Waals surface area contributed by atoms with Gasteiger partial charge < -0.3 is 16.8 Å². The van der Waals surface area contributed by atoms with Gasteiger partial charge in [0.2, 0.25) is 5.91 Å². The van der Waals surface area contributed by atoms with E-state index in [1.54, 1.807) is 0 Å². The van der Waals surface area contributed by atoms with Crippen LogP contribution in [-0.4, -0.2) is 24.3 Å². The van der Waals surface area contributed by atoms with Crippen LogP contribution in [0.4, 0.5) is 0 Å². The van der Waals surface area contributed by atoms with Crippen LogP contribution in [0.3, 0.4) is 0 Å². The summed E-state index contributed by atoms with van der Waals surface area (Å²) in [6, 6.07) is -0.549. The van der Waals surface area contributed by atoms with Crippen molar-refractivity contribution in [3.8, 4) is 0 Å². The van der Waals surface area contributed by atoms with Crippen molar-refractivity contribution in [2.75, 3.05) is 6.54 Å². The summed E-state index contributed by atoms with van der Waals surface area (Å²) in [6.07, 6.45) is 5.29. The van der Waals surface area contributed by atoms with Gasteiger partial charge in [0.05, 0.1) is 6.04 Å². The van der Waals surface area contributed by atoms with Gasteiger partial charge in [-0.1, -0.05) is 12.8 Å². The number of rotatable bonds is 8. The average molecular weight is 240 g/mol. The number of hydrogen-bond acceptors (Lipinski definition) is 4. The smallest absolute Gasteiger partial charge is 0.237 e. The van der Waals surface area contributed by atoms with E-state index in [2.05, 4.69) is 5.32 Å². The summed E-state index contributed by atoms with van der Waals surface area (Å²) >= 11 is 0. The van der Waals surface area contributed by atoms with E-state index in [1.165, 1.54) is 6.54 Å². The molecule has 1 amide bonds. The summed E-state index contributed by atoms with van der Waals surface area (Å²) in [6.45, 7) is 1.88. The largest absolute Gasteiger partial charge is 0.342 e. The van der Waals surface area contributed by atoms with Gasteiger partial charge in [-0.15, -0.1) is 0 Å². The summed E-state index contributed by atoms with van der Waals surface area (Å²) < 4.78 is 0. The van der Waals surface area contributed by atoms with E-state index in [0.717, 1.165) is 32.1 Å². The molecule has 1 saturated carbocycles. The van der Waals surface area contributed by atoms with Crippen LogP contribution in [0.1, 0.15) is 38.5 Å². The van der Waals surface area contributed by atoms with Gasteiger partial charge in [0.15, 0.2) is 5.78 Å². The van der Waals surface area contributed by atoms with Crippen molar-refractivity contribution < 1.29 is 9.59 Å². The second kappa shape index (κ2) is 7.40. The summed E-state index contributed by atoms with van der Waals surface area (Å²) in [5.74, 6) is -0.155. The quantitative estimate of drug-likeness (QED) is 0.524. The monoisotopic (exact) mass is 240 g/mol. The van der Waals surface area contributed by atoms with Crippen molar-refractivity contribution in [2.24, 2.45) is 17.4 Å². The predicted molar refractivity (Wildman–Crippen MR) is 65.7 cm³/mol. The second-order valence-corrected chi connectivity index (χ2v) is 4.57. The van der Waals surface area contributed by atoms with E-state index in [0.29, 0.717) is 13.0 Å². The Morgan fingerprint density at radius 1 is 1.35 bits per heavy atom. The summed E-state index contributed by atoms with van der Waals surface area (Å²) in [5.41, 5.74) is 11.0. The Hall–Kier alpha value is -0.940. The molecule has 17 heavy (non-hydrogen) atoms. The molecule has 1 radical (unpaired) electrons. The Kier molecular flexibility index (Phi) is 6.15. The van der Waals surface area contributed by atoms with Crippen LogP contribution in [0, 0.1) is 12.5 Å². The van der Waals surface area contributed by atoms with E-state index < -0.39 is 6.04 Å². The van der Waals surface area contributed by atoms with Crippen molar-refractivity contribution >= 4 is 11.7 Å². The Labute approximate surface area is 102 Å². The fourth-order valence-electron chi connectivity index (χ4n) is 1.70. The first-order chi connectivity index (χ1) is 8.15. The fraction of sp³-hybridized carbons (Fsp3) is 0.750. The molecule has 5 N–H and O–H groups in total. The fourth-order valence-corrected chi connectivity index (χ4v) is 1.70. The highest BCUT2D eigenvalue weighted by molar-refractivity contribution is 5.94. The zero-order valence-corrected chi connectivity index (χ0v) is 10.2. The summed E-state index contributed by atoms with van der Waals surface area (Å²) in [5, 5.41) is 2.49. The van der Waals surface area contributed by atoms with Crippen molar-refractivity contribution in [1.29, 1.82) is 0 Å². The minimum absolute atomic E-state index is 0.0127. The lowest BCUT2D eigenvalue weighted by Gasteiger charge is -2.23. The number of carbonyl (C=O) groups is 2. The van der Waals surface area contributed by atoms with Crippen molar-refractivity contribution in [3.63, 3.8) is 0 Å². The zero-order valence-electron chi connectivity index (χ0n) is 10.2. The molecule has 0 aromatic rings. The maximum atomic E-state index is 11.5. The molecule has 1 rings (SSSR count). The minimum atomic E-state index is -0.549. The molecule has 0 heterocycles. The SMILES string of the molecule is NCCCC[C@H](N)C(=O)N[CH]C(=O)C1CCC1. The van der Waals surface area contributed by atoms with Gasteiger partial charge in [-0.2, -0.15) is 0 Å². The summed E-state index contributed by atoms with van der Waals surface area (Å²) in [4.78, 5) is 23.0. The number of Topliss-reactive ketones (excluding diaryl/α,β-unsaturated/α-hetero) is 1. The minimum Gasteiger partial charge on any atom is -0.342 e. The number of amides is 1. The standard InChI is InChI=1S/C12H22N3O2/c13-7-2-1-6-10(14)12(17)15-8-11(16)9-4-3-5-9/h8-10H,1-7,13-14H2,(H,15,17)/t10-/m0/s1. The molecule has 0 saturated heterocycles. The van der Waals surface area contributed by atoms with Gasteiger partial charge >= 0.3 is 0 Å². The Morgan fingerprint density at radius 3 is 2.59 bits per heavy atom. The lowest BCUT2D eigenvalue weighted by atomic mass is 9.82. The van der Waals surface area contributed by atoms with Gasteiger partial charge in [-0.05, 0) is 32.2 Å². The van der Waals surface area contributed by atoms with Gasteiger partial charge in [0, 0.05) is 5.92 Å². The molecule has 1 atom stereocenters. The summed E-state index contributed by atoms with van der Waals surface area (Å²) in [7, 11) is 0. The first-order valence-electron chi connectivity index (χ1n) is 6.28. The van der Waals surface area contributed by atoms with Crippen LogP contribution >= 0.6 is 0 Å². The van der Waals surface area contributed by atoms with Crippen LogP contribution < -0.4 is 16.8 Å². The topological polar surface area (TPSA) is 98.2 Å². The molecule has 97 valence electrons. The van der Waals surface area contributed by atoms with Gasteiger partial charge in [0.25, 0.3) is 0 Å². The molecule has 1 aliphatic carbocycles. The van der Waals surface area contributed by atoms with E-state index >= 15 is 0 Å². The highest BCUT2D eigenvalue weighted by atomic mass is 16.2. The molecule has 0 unspecified atom stereocenters. The van der Waals surface area contributed by atoms with Crippen LogP contribution in [0.25, 0.3) is 0 Å². The number of carbonyl (C=O) groups excluding carboxylic acids is 2. The Balaban J connectivity index is 2.12. The molecule has 0 aliphatic heterocycles. The Morgan fingerprint density at radius 2 is 2.06 bits per heavy atom. The lowest BCUT2D eigenvalue weighted by Crippen LogP contribution is -2.41. The van der Waals surface area contributed by atoms with E-state index in [-0.39, 0.29) is 17.6 Å². The number of ketones is 1. The van der Waals surface area contributed by atoms with Crippen LogP contribution in [-0.2, 0) is 9.59 Å². The molecule has 0 aromatic heterocycles. The molecule has 1 fully saturated rings. The molecule has 5 heteroatoms. The molecule has 5 nitrogen and oxygen atoms in total. The predicted octanol–water partition coefficient (Wildman–Crippen LogP) is 0.0899. The third kappa shape index (κ3) is 4.83. The Bertz CT molecular complexity index is 264. The first-order valence-corrected chi connectivity index (χ1v) is 6.28. The molecule has 0 bridgehead atoms. The highest BCUT2D eigenvalue weighted by Crippen LogP contribution is 2.27. The number of nitrogens with one attached hydrogen (secondary N) is 1. The van der Waals surface area contributed by atoms with Crippen molar-refractivity contribution in [1.82, 2.24) is 5.32 Å². The van der Waals surface area contributed by atoms with Gasteiger partial charge in [0.1, 0.15) is 6.54 Å². The number of nitrogens with two attached hydrogens (primary N) is 2. The molecular weight excluding hydrogens is 218 g/mol. The molecule has 1 aliphatic rings. The van der Waals surface area contributed by atoms with E-state index in [1.807, 2.05) is 0 Å². The van der Waals surface area contributed by atoms with Gasteiger partial charge in [-0.3, -0.25) is 9.59 Å². The van der Waals surface area contributed by atoms with E-state index in [9.17, 15) is 9.59 Å². The first kappa shape index (κ1) is 14.1. The lowest BCUT2D eigenvalue weighted by molar-refractivity contribution is -0.126. The average Bonchev–Trinajstić information content (AvgIpc) is 2.23. The highest BCUT2D eigenvalue weighted by Gasteiger charge is 2.25. The van der Waals surface area contributed by atoms with Crippen molar-refractivity contribution in [3.05, 3.63) is 6.54 Å². The third-order valence-electron chi connectivity index (χ3n) is 3.17. The molecule has 0 spiro atoms. The molecule has 0 aromatic carbocycles. The maximum absolute atomic E-state index is 11.5. The maximum Gasteiger partial charge on any atom is 0.237 e. The second-order valence-electron chi connectivity index (χ2n) is 4.57. The van der Waals surface area contributed by atoms with Gasteiger partial charge in [-0.25, -0.2) is 0 Å². The van der Waals surface area contributed by atoms with Crippen molar-refractivity contribution in [2.45, 2.75) is 44.6 Å². The van der Waals surface area contributed by atoms with Crippen LogP contribution in [0.2, 0.25) is 0 Å². The van der Waals surface area contributed by atoms with E-state index in [4.69, 9.17) is 11.5 Å². The third-order valence-corrected chi connectivity index (χ3v) is 3.17. The van der Waals surface area contributed by atoms with Crippen LogP contribution in [0.15, 0.2) is 0 Å².